The highest BCUT2D eigenvalue weighted by atomic mass is 19.1. The fourth-order valence-electron chi connectivity index (χ4n) is 5.60. The quantitative estimate of drug-likeness (QED) is 0.485. The van der Waals surface area contributed by atoms with Crippen LogP contribution in [-0.4, -0.2) is 36.3 Å². The lowest BCUT2D eigenvalue weighted by Gasteiger charge is -2.41. The van der Waals surface area contributed by atoms with E-state index < -0.39 is 17.8 Å². The van der Waals surface area contributed by atoms with Crippen molar-refractivity contribution in [2.45, 2.75) is 38.6 Å². The van der Waals surface area contributed by atoms with Crippen LogP contribution >= 0.6 is 0 Å². The highest BCUT2D eigenvalue weighted by molar-refractivity contribution is 5.98. The molecule has 2 aliphatic rings. The summed E-state index contributed by atoms with van der Waals surface area (Å²) in [5.41, 5.74) is 3.42. The number of anilines is 2. The summed E-state index contributed by atoms with van der Waals surface area (Å²) in [6, 6.07) is 21.8. The van der Waals surface area contributed by atoms with Gasteiger partial charge in [0.25, 0.3) is 5.91 Å². The molecule has 1 N–H and O–H groups in total. The monoisotopic (exact) mass is 485 g/mol. The molecule has 3 aromatic rings. The van der Waals surface area contributed by atoms with Gasteiger partial charge in [0.2, 0.25) is 5.91 Å². The van der Waals surface area contributed by atoms with Crippen molar-refractivity contribution < 1.29 is 14.0 Å². The van der Waals surface area contributed by atoms with Crippen LogP contribution in [0.2, 0.25) is 0 Å². The number of benzene rings is 3. The van der Waals surface area contributed by atoms with E-state index in [2.05, 4.69) is 16.3 Å². The number of nitrogens with zero attached hydrogens (tertiary/aromatic N) is 2. The van der Waals surface area contributed by atoms with Crippen molar-refractivity contribution in [1.29, 1.82) is 0 Å². The summed E-state index contributed by atoms with van der Waals surface area (Å²) in [6.07, 6.45) is 3.69. The molecular weight excluding hydrogens is 453 g/mol. The molecule has 0 saturated carbocycles. The van der Waals surface area contributed by atoms with Crippen molar-refractivity contribution in [1.82, 2.24) is 4.90 Å². The summed E-state index contributed by atoms with van der Waals surface area (Å²) in [4.78, 5) is 31.4. The van der Waals surface area contributed by atoms with E-state index in [0.717, 1.165) is 30.0 Å². The summed E-state index contributed by atoms with van der Waals surface area (Å²) in [7, 11) is 0. The molecule has 5 rings (SSSR count). The van der Waals surface area contributed by atoms with Gasteiger partial charge in [-0.15, -0.1) is 0 Å². The highest BCUT2D eigenvalue weighted by Crippen LogP contribution is 2.38. The number of rotatable bonds is 5. The van der Waals surface area contributed by atoms with E-state index in [1.54, 1.807) is 24.0 Å². The number of amides is 2. The zero-order chi connectivity index (χ0) is 25.1. The minimum atomic E-state index is -0.530. The van der Waals surface area contributed by atoms with Gasteiger partial charge in [-0.25, -0.2) is 4.39 Å². The Labute approximate surface area is 211 Å². The third-order valence-electron chi connectivity index (χ3n) is 7.39. The number of carbonyl (C=O) groups is 2. The number of nitrogens with one attached hydrogen (secondary N) is 1. The lowest BCUT2D eigenvalue weighted by atomic mass is 9.83. The average molecular weight is 486 g/mol. The van der Waals surface area contributed by atoms with Gasteiger partial charge in [0.15, 0.2) is 0 Å². The maximum atomic E-state index is 14.8. The standard InChI is InChI=1S/C30H32FN3O2/c1-21-10-7-16-26(31)27(21)30(36)34-19-9-15-25(28(34)22-11-3-2-4-12-22)29(35)32-23-13-8-14-24(20-23)33-17-5-6-18-33/h2-4,7-8,10-14,16,20,25,28H,5-6,9,15,17-19H2,1H3,(H,32,35)/t25-,28-/m0/s1. The van der Waals surface area contributed by atoms with Gasteiger partial charge in [-0.05, 0) is 68.0 Å². The van der Waals surface area contributed by atoms with Gasteiger partial charge >= 0.3 is 0 Å². The van der Waals surface area contributed by atoms with Gasteiger partial charge in [0.1, 0.15) is 5.82 Å². The molecule has 2 aliphatic heterocycles. The largest absolute Gasteiger partial charge is 0.371 e. The molecule has 2 saturated heterocycles. The minimum Gasteiger partial charge on any atom is -0.371 e. The molecule has 2 amide bonds. The van der Waals surface area contributed by atoms with Crippen LogP contribution < -0.4 is 10.2 Å². The second-order valence-corrected chi connectivity index (χ2v) is 9.77. The van der Waals surface area contributed by atoms with Crippen molar-refractivity contribution in [2.75, 3.05) is 29.9 Å². The number of aryl methyl sites for hydroxylation is 1. The lowest BCUT2D eigenvalue weighted by Crippen LogP contribution is -2.46. The number of hydrogen-bond acceptors (Lipinski definition) is 3. The van der Waals surface area contributed by atoms with Gasteiger partial charge in [-0.2, -0.15) is 0 Å². The van der Waals surface area contributed by atoms with E-state index in [4.69, 9.17) is 0 Å². The summed E-state index contributed by atoms with van der Waals surface area (Å²) in [6.45, 7) is 4.28. The van der Waals surface area contributed by atoms with Crippen molar-refractivity contribution in [3.05, 3.63) is 95.3 Å². The third-order valence-corrected chi connectivity index (χ3v) is 7.39. The van der Waals surface area contributed by atoms with Gasteiger partial charge in [-0.1, -0.05) is 48.5 Å². The fourth-order valence-corrected chi connectivity index (χ4v) is 5.60. The number of carbonyl (C=O) groups excluding carboxylic acids is 2. The Morgan fingerprint density at radius 1 is 0.889 bits per heavy atom. The van der Waals surface area contributed by atoms with Crippen LogP contribution in [0, 0.1) is 18.7 Å². The Morgan fingerprint density at radius 3 is 2.39 bits per heavy atom. The number of likely N-dealkylation sites (tertiary alicyclic amines) is 1. The first-order valence-corrected chi connectivity index (χ1v) is 12.8. The SMILES string of the molecule is Cc1cccc(F)c1C(=O)N1CCC[C@H](C(=O)Nc2cccc(N3CCCC3)c2)[C@@H]1c1ccccc1. The van der Waals surface area contributed by atoms with Crippen LogP contribution in [0.5, 0.6) is 0 Å². The van der Waals surface area contributed by atoms with E-state index >= 15 is 0 Å². The van der Waals surface area contributed by atoms with Gasteiger partial charge in [-0.3, -0.25) is 9.59 Å². The molecule has 3 aromatic carbocycles. The first-order valence-electron chi connectivity index (χ1n) is 12.8. The maximum Gasteiger partial charge on any atom is 0.257 e. The third kappa shape index (κ3) is 4.85. The molecule has 6 heteroatoms. The van der Waals surface area contributed by atoms with E-state index in [1.807, 2.05) is 48.5 Å². The normalized spacial score (nSPS) is 19.8. The first-order chi connectivity index (χ1) is 17.5. The number of hydrogen-bond donors (Lipinski definition) is 1. The first kappa shape index (κ1) is 24.0. The number of halogens is 1. The van der Waals surface area contributed by atoms with Gasteiger partial charge in [0.05, 0.1) is 17.5 Å². The highest BCUT2D eigenvalue weighted by Gasteiger charge is 2.40. The smallest absolute Gasteiger partial charge is 0.257 e. The molecule has 0 aliphatic carbocycles. The Hall–Kier alpha value is -3.67. The molecule has 0 bridgehead atoms. The van der Waals surface area contributed by atoms with E-state index in [9.17, 15) is 14.0 Å². The Balaban J connectivity index is 1.45. The summed E-state index contributed by atoms with van der Waals surface area (Å²) in [5, 5.41) is 3.12. The Kier molecular flexibility index (Phi) is 7.03. The molecule has 0 spiro atoms. The topological polar surface area (TPSA) is 52.7 Å². The van der Waals surface area contributed by atoms with Crippen LogP contribution in [0.4, 0.5) is 15.8 Å². The van der Waals surface area contributed by atoms with Crippen LogP contribution in [0.15, 0.2) is 72.8 Å². The molecule has 36 heavy (non-hydrogen) atoms. The van der Waals surface area contributed by atoms with E-state index in [-0.39, 0.29) is 17.4 Å². The van der Waals surface area contributed by atoms with E-state index in [1.165, 1.54) is 18.9 Å². The Bertz CT molecular complexity index is 1220. The average Bonchev–Trinajstić information content (AvgIpc) is 3.44. The zero-order valence-corrected chi connectivity index (χ0v) is 20.6. The molecule has 0 unspecified atom stereocenters. The molecule has 0 radical (unpaired) electrons. The second-order valence-electron chi connectivity index (χ2n) is 9.77. The fraction of sp³-hybridized carbons (Fsp3) is 0.333. The van der Waals surface area contributed by atoms with Crippen molar-refractivity contribution >= 4 is 23.2 Å². The van der Waals surface area contributed by atoms with Crippen molar-refractivity contribution in [3.63, 3.8) is 0 Å². The summed E-state index contributed by atoms with van der Waals surface area (Å²) in [5.74, 6) is -1.47. The van der Waals surface area contributed by atoms with Gasteiger partial charge in [0, 0.05) is 31.0 Å². The van der Waals surface area contributed by atoms with Crippen LogP contribution in [0.3, 0.4) is 0 Å². The van der Waals surface area contributed by atoms with Crippen molar-refractivity contribution in [3.8, 4) is 0 Å². The molecule has 2 heterocycles. The van der Waals surface area contributed by atoms with Gasteiger partial charge < -0.3 is 15.1 Å². The minimum absolute atomic E-state index is 0.0813. The molecule has 5 nitrogen and oxygen atoms in total. The van der Waals surface area contributed by atoms with Crippen LogP contribution in [0.1, 0.15) is 53.2 Å². The number of piperidine rings is 1. The Morgan fingerprint density at radius 2 is 1.64 bits per heavy atom. The predicted octanol–water partition coefficient (Wildman–Crippen LogP) is 5.97. The van der Waals surface area contributed by atoms with Crippen LogP contribution in [0.25, 0.3) is 0 Å². The lowest BCUT2D eigenvalue weighted by molar-refractivity contribution is -0.123. The van der Waals surface area contributed by atoms with E-state index in [0.29, 0.717) is 24.9 Å². The van der Waals surface area contributed by atoms with Crippen molar-refractivity contribution in [2.24, 2.45) is 5.92 Å². The summed E-state index contributed by atoms with van der Waals surface area (Å²) < 4.78 is 14.8. The predicted molar refractivity (Wildman–Crippen MR) is 141 cm³/mol. The molecule has 2 atom stereocenters. The molecular formula is C30H32FN3O2. The molecule has 0 aromatic heterocycles. The zero-order valence-electron chi connectivity index (χ0n) is 20.6. The maximum absolute atomic E-state index is 14.8. The molecule has 186 valence electrons. The molecule has 2 fully saturated rings. The second kappa shape index (κ2) is 10.5. The summed E-state index contributed by atoms with van der Waals surface area (Å²) >= 11 is 0. The van der Waals surface area contributed by atoms with Crippen LogP contribution in [-0.2, 0) is 4.79 Å².